The molecule has 2 aromatic carbocycles. The van der Waals surface area contributed by atoms with Gasteiger partial charge in [-0.25, -0.2) is 33.3 Å². The van der Waals surface area contributed by atoms with Gasteiger partial charge in [0.1, 0.15) is 22.6 Å². The predicted molar refractivity (Wildman–Crippen MR) is 101 cm³/mol. The van der Waals surface area contributed by atoms with Crippen molar-refractivity contribution in [3.63, 3.8) is 0 Å². The molecule has 0 unspecified atom stereocenters. The summed E-state index contributed by atoms with van der Waals surface area (Å²) in [6.45, 7) is 0. The Balaban J connectivity index is 2.80. The van der Waals surface area contributed by atoms with Gasteiger partial charge in [0, 0.05) is 0 Å². The zero-order valence-corrected chi connectivity index (χ0v) is 16.6. The summed E-state index contributed by atoms with van der Waals surface area (Å²) in [6, 6.07) is 2.77. The minimum atomic E-state index is -2.01. The van der Waals surface area contributed by atoms with E-state index in [2.05, 4.69) is 4.52 Å². The van der Waals surface area contributed by atoms with Crippen molar-refractivity contribution in [2.75, 3.05) is 0 Å². The number of carboxylic acid groups (broad SMARTS) is 5. The first-order chi connectivity index (χ1) is 15.4. The molecular weight excluding hydrogens is 471 g/mol. The van der Waals surface area contributed by atoms with Crippen molar-refractivity contribution in [2.24, 2.45) is 0 Å². The van der Waals surface area contributed by atoms with E-state index in [1.807, 2.05) is 0 Å². The van der Waals surface area contributed by atoms with E-state index >= 15 is 0 Å². The fourth-order valence-corrected chi connectivity index (χ4v) is 2.97. The smallest absolute Gasteiger partial charge is 0.395 e. The van der Waals surface area contributed by atoms with Crippen LogP contribution in [0.5, 0.6) is 11.5 Å². The topological polar surface area (TPSA) is 239 Å². The number of aromatic carboxylic acids is 5. The standard InChI is InChI=1S/C18H9O14P/c19-13(20)5-1-3-7(11(17(27)28)9(5)15(23)24)31-18(29)12-8(32-33-30)4-2-6(14(21)22)10(12)16(25)26/h1-4H,(H,19,20)(H,21,22)(H,23,24)(H,25,26)(H,27,28). The van der Waals surface area contributed by atoms with E-state index in [4.69, 9.17) is 9.84 Å². The van der Waals surface area contributed by atoms with Crippen LogP contribution in [0.3, 0.4) is 0 Å². The molecule has 0 aromatic heterocycles. The lowest BCUT2D eigenvalue weighted by molar-refractivity contribution is 0.0620. The van der Waals surface area contributed by atoms with Crippen LogP contribution in [0.2, 0.25) is 0 Å². The van der Waals surface area contributed by atoms with Crippen molar-refractivity contribution in [3.8, 4) is 11.5 Å². The normalized spacial score (nSPS) is 10.3. The van der Waals surface area contributed by atoms with Crippen LogP contribution < -0.4 is 9.26 Å². The molecule has 5 N–H and O–H groups in total. The number of hydrogen-bond acceptors (Lipinski definition) is 9. The minimum Gasteiger partial charge on any atom is -0.478 e. The molecule has 170 valence electrons. The third kappa shape index (κ3) is 4.75. The maximum absolute atomic E-state index is 12.8. The summed E-state index contributed by atoms with van der Waals surface area (Å²) >= 11 is 0. The lowest BCUT2D eigenvalue weighted by atomic mass is 9.98. The van der Waals surface area contributed by atoms with Crippen LogP contribution >= 0.6 is 8.69 Å². The summed E-state index contributed by atoms with van der Waals surface area (Å²) in [4.78, 5) is 70.2. The van der Waals surface area contributed by atoms with Crippen LogP contribution in [0.25, 0.3) is 0 Å². The second-order valence-corrected chi connectivity index (χ2v) is 6.14. The average Bonchev–Trinajstić information content (AvgIpc) is 2.72. The van der Waals surface area contributed by atoms with E-state index < -0.39 is 89.4 Å². The summed E-state index contributed by atoms with van der Waals surface area (Å²) in [7, 11) is -1.08. The molecule has 2 rings (SSSR count). The molecule has 14 nitrogen and oxygen atoms in total. The van der Waals surface area contributed by atoms with Crippen molar-refractivity contribution >= 4 is 44.5 Å². The van der Waals surface area contributed by atoms with E-state index in [9.17, 15) is 53.8 Å². The molecule has 0 saturated carbocycles. The molecule has 0 aliphatic rings. The van der Waals surface area contributed by atoms with Gasteiger partial charge in [0.2, 0.25) is 0 Å². The Morgan fingerprint density at radius 1 is 0.576 bits per heavy atom. The lowest BCUT2D eigenvalue weighted by Gasteiger charge is -2.15. The highest BCUT2D eigenvalue weighted by Crippen LogP contribution is 2.32. The van der Waals surface area contributed by atoms with Gasteiger partial charge in [-0.3, -0.25) is 0 Å². The van der Waals surface area contributed by atoms with Gasteiger partial charge >= 0.3 is 44.5 Å². The van der Waals surface area contributed by atoms with Gasteiger partial charge in [0.15, 0.2) is 0 Å². The zero-order chi connectivity index (χ0) is 25.0. The largest absolute Gasteiger partial charge is 0.478 e. The van der Waals surface area contributed by atoms with Gasteiger partial charge in [0.25, 0.3) is 0 Å². The van der Waals surface area contributed by atoms with Gasteiger partial charge in [-0.05, 0) is 24.3 Å². The van der Waals surface area contributed by atoms with Crippen molar-refractivity contribution in [1.82, 2.24) is 0 Å². The first kappa shape index (κ1) is 24.4. The van der Waals surface area contributed by atoms with Crippen LogP contribution in [-0.4, -0.2) is 61.3 Å². The molecular formula is C18H9O14P. The van der Waals surface area contributed by atoms with Crippen molar-refractivity contribution in [2.45, 2.75) is 0 Å². The Hall–Kier alpha value is -4.84. The summed E-state index contributed by atoms with van der Waals surface area (Å²) in [5, 5.41) is 46.4. The van der Waals surface area contributed by atoms with Crippen LogP contribution in [0.4, 0.5) is 0 Å². The fraction of sp³-hybridized carbons (Fsp3) is 0. The van der Waals surface area contributed by atoms with Gasteiger partial charge in [-0.1, -0.05) is 0 Å². The quantitative estimate of drug-likeness (QED) is 0.196. The molecule has 2 aromatic rings. The number of carboxylic acids is 5. The third-order valence-corrected chi connectivity index (χ3v) is 4.25. The second-order valence-electron chi connectivity index (χ2n) is 5.80. The van der Waals surface area contributed by atoms with Gasteiger partial charge in [0.05, 0.1) is 22.3 Å². The predicted octanol–water partition coefficient (Wildman–Crippen LogP) is 1.98. The Bertz CT molecular complexity index is 1250. The number of ether oxygens (including phenoxy) is 1. The molecule has 0 bridgehead atoms. The summed E-state index contributed by atoms with van der Waals surface area (Å²) in [5.41, 5.74) is -6.60. The maximum atomic E-state index is 12.8. The lowest BCUT2D eigenvalue weighted by Crippen LogP contribution is -2.21. The zero-order valence-electron chi connectivity index (χ0n) is 15.7. The Morgan fingerprint density at radius 3 is 1.39 bits per heavy atom. The molecule has 0 spiro atoms. The number of carbonyl (C=O) groups excluding carboxylic acids is 1. The Kier molecular flexibility index (Phi) is 7.06. The van der Waals surface area contributed by atoms with E-state index in [0.29, 0.717) is 12.1 Å². The first-order valence-corrected chi connectivity index (χ1v) is 8.87. The SMILES string of the molecule is O=POc1ccc(C(=O)O)c(C(=O)O)c1C(=O)Oc1ccc(C(=O)O)c(C(=O)O)c1C(=O)O. The van der Waals surface area contributed by atoms with E-state index in [0.717, 1.165) is 12.1 Å². The number of esters is 1. The summed E-state index contributed by atoms with van der Waals surface area (Å²) in [6.07, 6.45) is 0. The number of carbonyl (C=O) groups is 6. The fourth-order valence-electron chi connectivity index (χ4n) is 2.73. The van der Waals surface area contributed by atoms with Crippen LogP contribution in [0, 0.1) is 0 Å². The molecule has 0 atom stereocenters. The molecule has 0 heterocycles. The van der Waals surface area contributed by atoms with E-state index in [1.165, 1.54) is 0 Å². The highest BCUT2D eigenvalue weighted by atomic mass is 31.1. The second kappa shape index (κ2) is 9.53. The summed E-state index contributed by atoms with van der Waals surface area (Å²) in [5.74, 6) is -13.0. The third-order valence-electron chi connectivity index (χ3n) is 3.98. The Labute approximate surface area is 182 Å². The van der Waals surface area contributed by atoms with Crippen LogP contribution in [0.15, 0.2) is 24.3 Å². The number of rotatable bonds is 9. The average molecular weight is 480 g/mol. The maximum Gasteiger partial charge on any atom is 0.395 e. The minimum absolute atomic E-state index is 0.625. The van der Waals surface area contributed by atoms with Gasteiger partial charge in [-0.2, -0.15) is 0 Å². The molecule has 33 heavy (non-hydrogen) atoms. The molecule has 0 aliphatic heterocycles. The monoisotopic (exact) mass is 480 g/mol. The highest BCUT2D eigenvalue weighted by Gasteiger charge is 2.33. The molecule has 0 fully saturated rings. The molecule has 0 amide bonds. The van der Waals surface area contributed by atoms with Gasteiger partial charge < -0.3 is 34.8 Å². The van der Waals surface area contributed by atoms with Gasteiger partial charge in [-0.15, -0.1) is 0 Å². The van der Waals surface area contributed by atoms with E-state index in [1.54, 1.807) is 0 Å². The molecule has 0 saturated heterocycles. The van der Waals surface area contributed by atoms with Crippen molar-refractivity contribution in [3.05, 3.63) is 57.6 Å². The number of benzene rings is 2. The van der Waals surface area contributed by atoms with Crippen molar-refractivity contribution < 1.29 is 68.1 Å². The summed E-state index contributed by atoms with van der Waals surface area (Å²) < 4.78 is 20.2. The molecule has 15 heteroatoms. The van der Waals surface area contributed by atoms with Crippen LogP contribution in [-0.2, 0) is 4.57 Å². The van der Waals surface area contributed by atoms with E-state index in [-0.39, 0.29) is 0 Å². The highest BCUT2D eigenvalue weighted by molar-refractivity contribution is 7.17. The number of hydrogen-bond donors (Lipinski definition) is 5. The molecule has 0 aliphatic carbocycles. The molecule has 0 radical (unpaired) electrons. The Morgan fingerprint density at radius 2 is 1.00 bits per heavy atom. The van der Waals surface area contributed by atoms with Crippen LogP contribution in [0.1, 0.15) is 62.1 Å². The first-order valence-electron chi connectivity index (χ1n) is 8.14. The van der Waals surface area contributed by atoms with Crippen molar-refractivity contribution in [1.29, 1.82) is 0 Å².